The minimum Gasteiger partial charge on any atom is -0.506 e. The van der Waals surface area contributed by atoms with Crippen LogP contribution in [0.25, 0.3) is 0 Å². The van der Waals surface area contributed by atoms with Crippen molar-refractivity contribution in [3.8, 4) is 5.75 Å². The van der Waals surface area contributed by atoms with E-state index in [-0.39, 0.29) is 11.7 Å². The molecule has 0 atom stereocenters. The van der Waals surface area contributed by atoms with Crippen LogP contribution in [0.5, 0.6) is 5.75 Å². The van der Waals surface area contributed by atoms with Crippen molar-refractivity contribution in [2.75, 3.05) is 0 Å². The summed E-state index contributed by atoms with van der Waals surface area (Å²) in [5.41, 5.74) is 1.22. The highest BCUT2D eigenvalue weighted by Gasteiger charge is 2.20. The molecule has 0 aliphatic carbocycles. The second kappa shape index (κ2) is 4.18. The summed E-state index contributed by atoms with van der Waals surface area (Å²) >= 11 is 18.0. The number of halogens is 3. The first-order chi connectivity index (χ1) is 6.37. The topological polar surface area (TPSA) is 20.2 Å². The van der Waals surface area contributed by atoms with Crippen molar-refractivity contribution in [2.45, 2.75) is 26.7 Å². The van der Waals surface area contributed by atoms with Gasteiger partial charge in [-0.1, -0.05) is 48.7 Å². The third-order valence-electron chi connectivity index (χ3n) is 2.14. The Kier molecular flexibility index (Phi) is 3.57. The van der Waals surface area contributed by atoms with Gasteiger partial charge in [-0.15, -0.1) is 0 Å². The number of phenols is 1. The van der Waals surface area contributed by atoms with E-state index in [1.165, 1.54) is 0 Å². The second-order valence-corrected chi connectivity index (χ2v) is 4.62. The van der Waals surface area contributed by atoms with Gasteiger partial charge in [0.15, 0.2) is 0 Å². The maximum atomic E-state index is 9.67. The van der Waals surface area contributed by atoms with Crippen LogP contribution in [0.3, 0.4) is 0 Å². The predicted octanol–water partition coefficient (Wildman–Crippen LogP) is 4.78. The summed E-state index contributed by atoms with van der Waals surface area (Å²) in [6.07, 6.45) is 0. The molecule has 14 heavy (non-hydrogen) atoms. The quantitative estimate of drug-likeness (QED) is 0.714. The van der Waals surface area contributed by atoms with E-state index in [1.807, 2.05) is 13.8 Å². The summed E-state index contributed by atoms with van der Waals surface area (Å²) in [5, 5.41) is 10.8. The molecule has 1 aromatic carbocycles. The lowest BCUT2D eigenvalue weighted by Gasteiger charge is -2.15. The lowest BCUT2D eigenvalue weighted by Crippen LogP contribution is -1.94. The van der Waals surface area contributed by atoms with E-state index in [9.17, 15) is 5.11 Å². The molecule has 4 heteroatoms. The van der Waals surface area contributed by atoms with Gasteiger partial charge in [0.2, 0.25) is 0 Å². The average molecular weight is 254 g/mol. The summed E-state index contributed by atoms with van der Waals surface area (Å²) < 4.78 is 0. The number of benzene rings is 1. The highest BCUT2D eigenvalue weighted by atomic mass is 35.5. The number of phenolic OH excluding ortho intramolecular Hbond substituents is 1. The molecule has 1 aromatic rings. The number of hydrogen-bond acceptors (Lipinski definition) is 1. The fourth-order valence-electron chi connectivity index (χ4n) is 1.28. The summed E-state index contributed by atoms with van der Waals surface area (Å²) in [6.45, 7) is 5.57. The molecule has 0 unspecified atom stereocenters. The summed E-state index contributed by atoms with van der Waals surface area (Å²) in [7, 11) is 0. The van der Waals surface area contributed by atoms with E-state index in [0.29, 0.717) is 26.2 Å². The molecule has 0 heterocycles. The van der Waals surface area contributed by atoms with Crippen LogP contribution in [0.15, 0.2) is 0 Å². The average Bonchev–Trinajstić information content (AvgIpc) is 2.11. The van der Waals surface area contributed by atoms with Gasteiger partial charge in [-0.25, -0.2) is 0 Å². The van der Waals surface area contributed by atoms with Gasteiger partial charge in [0.05, 0.1) is 15.1 Å². The number of aromatic hydroxyl groups is 1. The lowest BCUT2D eigenvalue weighted by molar-refractivity contribution is 0.470. The number of hydrogen-bond donors (Lipinski definition) is 1. The molecule has 1 N–H and O–H groups in total. The van der Waals surface area contributed by atoms with Crippen LogP contribution in [-0.4, -0.2) is 5.11 Å². The fraction of sp³-hybridized carbons (Fsp3) is 0.400. The molecule has 1 nitrogen and oxygen atoms in total. The van der Waals surface area contributed by atoms with Crippen molar-refractivity contribution in [1.82, 2.24) is 0 Å². The molecule has 0 bridgehead atoms. The minimum atomic E-state index is 0.0183. The lowest BCUT2D eigenvalue weighted by atomic mass is 10.0. The van der Waals surface area contributed by atoms with Crippen LogP contribution < -0.4 is 0 Å². The van der Waals surface area contributed by atoms with Gasteiger partial charge >= 0.3 is 0 Å². The maximum absolute atomic E-state index is 9.67. The van der Waals surface area contributed by atoms with E-state index in [1.54, 1.807) is 6.92 Å². The van der Waals surface area contributed by atoms with E-state index in [4.69, 9.17) is 34.8 Å². The molecule has 0 radical (unpaired) electrons. The molecular formula is C10H11Cl3O. The van der Waals surface area contributed by atoms with Gasteiger partial charge in [-0.3, -0.25) is 0 Å². The van der Waals surface area contributed by atoms with Crippen LogP contribution in [0.2, 0.25) is 15.1 Å². The van der Waals surface area contributed by atoms with E-state index >= 15 is 0 Å². The molecule has 0 aromatic heterocycles. The van der Waals surface area contributed by atoms with Crippen molar-refractivity contribution < 1.29 is 5.11 Å². The molecule has 0 aliphatic rings. The molecule has 0 spiro atoms. The van der Waals surface area contributed by atoms with Crippen molar-refractivity contribution in [1.29, 1.82) is 0 Å². The predicted molar refractivity (Wildman–Crippen MR) is 62.0 cm³/mol. The monoisotopic (exact) mass is 252 g/mol. The first-order valence-corrected chi connectivity index (χ1v) is 5.37. The van der Waals surface area contributed by atoms with E-state index in [2.05, 4.69) is 0 Å². The summed E-state index contributed by atoms with van der Waals surface area (Å²) in [5.74, 6) is 0.142. The summed E-state index contributed by atoms with van der Waals surface area (Å²) in [4.78, 5) is 0. The SMILES string of the molecule is Cc1c(O)c(Cl)c(C(C)C)c(Cl)c1Cl. The van der Waals surface area contributed by atoms with E-state index < -0.39 is 0 Å². The van der Waals surface area contributed by atoms with Crippen LogP contribution in [0, 0.1) is 6.92 Å². The van der Waals surface area contributed by atoms with Crippen LogP contribution in [0.4, 0.5) is 0 Å². The standard InChI is InChI=1S/C10H11Cl3O/c1-4(2)6-8(12)7(11)5(3)10(14)9(6)13/h4,14H,1-3H3. The van der Waals surface area contributed by atoms with Gasteiger partial charge in [0.1, 0.15) is 5.75 Å². The van der Waals surface area contributed by atoms with Crippen molar-refractivity contribution >= 4 is 34.8 Å². The maximum Gasteiger partial charge on any atom is 0.138 e. The zero-order chi connectivity index (χ0) is 11.0. The Morgan fingerprint density at radius 3 is 1.93 bits per heavy atom. The molecule has 0 fully saturated rings. The fourth-order valence-corrected chi connectivity index (χ4v) is 2.43. The third kappa shape index (κ3) is 1.81. The largest absolute Gasteiger partial charge is 0.506 e. The minimum absolute atomic E-state index is 0.0183. The van der Waals surface area contributed by atoms with Gasteiger partial charge in [-0.05, 0) is 18.4 Å². The highest BCUT2D eigenvalue weighted by Crippen LogP contribution is 2.44. The Bertz CT molecular complexity index is 343. The highest BCUT2D eigenvalue weighted by molar-refractivity contribution is 6.45. The Morgan fingerprint density at radius 1 is 1.00 bits per heavy atom. The zero-order valence-corrected chi connectivity index (χ0v) is 10.4. The van der Waals surface area contributed by atoms with Gasteiger partial charge in [0, 0.05) is 5.56 Å². The van der Waals surface area contributed by atoms with Gasteiger partial charge in [-0.2, -0.15) is 0 Å². The molecular weight excluding hydrogens is 242 g/mol. The molecule has 0 saturated heterocycles. The Labute approximate surface area is 98.6 Å². The zero-order valence-electron chi connectivity index (χ0n) is 8.16. The first kappa shape index (κ1) is 12.0. The van der Waals surface area contributed by atoms with Crippen LogP contribution >= 0.6 is 34.8 Å². The van der Waals surface area contributed by atoms with Crippen LogP contribution in [0.1, 0.15) is 30.9 Å². The Balaban J connectivity index is 3.60. The van der Waals surface area contributed by atoms with Crippen molar-refractivity contribution in [2.24, 2.45) is 0 Å². The Hall–Kier alpha value is -0.110. The normalized spacial score (nSPS) is 11.1. The van der Waals surface area contributed by atoms with Crippen molar-refractivity contribution in [3.63, 3.8) is 0 Å². The van der Waals surface area contributed by atoms with Gasteiger partial charge < -0.3 is 5.11 Å². The van der Waals surface area contributed by atoms with Crippen molar-refractivity contribution in [3.05, 3.63) is 26.2 Å². The van der Waals surface area contributed by atoms with E-state index in [0.717, 1.165) is 0 Å². The smallest absolute Gasteiger partial charge is 0.138 e. The molecule has 0 amide bonds. The summed E-state index contributed by atoms with van der Waals surface area (Å²) in [6, 6.07) is 0. The molecule has 0 aliphatic heterocycles. The second-order valence-electron chi connectivity index (χ2n) is 3.48. The molecule has 1 rings (SSSR count). The molecule has 0 saturated carbocycles. The third-order valence-corrected chi connectivity index (χ3v) is 3.48. The van der Waals surface area contributed by atoms with Gasteiger partial charge in [0.25, 0.3) is 0 Å². The molecule has 78 valence electrons. The number of rotatable bonds is 1. The Morgan fingerprint density at radius 2 is 1.50 bits per heavy atom. The first-order valence-electron chi connectivity index (χ1n) is 4.23. The van der Waals surface area contributed by atoms with Crippen LogP contribution in [-0.2, 0) is 0 Å².